The third-order valence-corrected chi connectivity index (χ3v) is 9.98. The number of nitrogens with zero attached hydrogens (tertiary/aromatic N) is 5. The molecule has 3 aliphatic rings. The van der Waals surface area contributed by atoms with E-state index < -0.39 is 10.0 Å². The number of aromatic nitrogens is 3. The van der Waals surface area contributed by atoms with Gasteiger partial charge in [0.1, 0.15) is 0 Å². The van der Waals surface area contributed by atoms with Crippen LogP contribution in [0.4, 0.5) is 0 Å². The van der Waals surface area contributed by atoms with Gasteiger partial charge in [-0.15, -0.1) is 0 Å². The van der Waals surface area contributed by atoms with Gasteiger partial charge < -0.3 is 14.2 Å². The van der Waals surface area contributed by atoms with Crippen molar-refractivity contribution in [1.29, 1.82) is 0 Å². The van der Waals surface area contributed by atoms with Crippen LogP contribution in [0.3, 0.4) is 0 Å². The Bertz CT molecular complexity index is 1430. The van der Waals surface area contributed by atoms with E-state index in [4.69, 9.17) is 4.74 Å². The lowest BCUT2D eigenvalue weighted by Crippen LogP contribution is -2.42. The summed E-state index contributed by atoms with van der Waals surface area (Å²) >= 11 is 0. The summed E-state index contributed by atoms with van der Waals surface area (Å²) in [5, 5.41) is 0.881. The maximum atomic E-state index is 13.9. The lowest BCUT2D eigenvalue weighted by Gasteiger charge is -2.37. The van der Waals surface area contributed by atoms with Crippen LogP contribution >= 0.6 is 0 Å². The van der Waals surface area contributed by atoms with E-state index in [1.54, 1.807) is 23.9 Å². The minimum absolute atomic E-state index is 0.0278. The Labute approximate surface area is 218 Å². The molecule has 0 saturated carbocycles. The molecule has 0 radical (unpaired) electrons. The molecule has 2 aromatic heterocycles. The fraction of sp³-hybridized carbons (Fsp3) is 0.556. The van der Waals surface area contributed by atoms with Crippen molar-refractivity contribution in [2.75, 3.05) is 32.8 Å². The van der Waals surface area contributed by atoms with E-state index >= 15 is 0 Å². The van der Waals surface area contributed by atoms with Crippen LogP contribution in [0.1, 0.15) is 54.2 Å². The molecule has 10 heteroatoms. The van der Waals surface area contributed by atoms with Crippen LogP contribution in [0.2, 0.25) is 0 Å². The van der Waals surface area contributed by atoms with Gasteiger partial charge in [0.25, 0.3) is 15.9 Å². The number of rotatable bonds is 4. The third-order valence-electron chi connectivity index (χ3n) is 8.34. The maximum Gasteiger partial charge on any atom is 0.287 e. The average molecular weight is 526 g/mol. The molecular weight excluding hydrogens is 490 g/mol. The van der Waals surface area contributed by atoms with Crippen LogP contribution in [0, 0.1) is 5.92 Å². The van der Waals surface area contributed by atoms with Gasteiger partial charge in [-0.25, -0.2) is 8.96 Å². The Hall–Kier alpha value is -2.69. The molecule has 0 bridgehead atoms. The molecule has 2 saturated heterocycles. The Morgan fingerprint density at radius 3 is 2.54 bits per heavy atom. The monoisotopic (exact) mass is 525 g/mol. The van der Waals surface area contributed by atoms with Crippen LogP contribution in [-0.2, 0) is 34.8 Å². The number of amides is 1. The Kier molecular flexibility index (Phi) is 6.37. The molecule has 3 aliphatic heterocycles. The van der Waals surface area contributed by atoms with E-state index in [0.29, 0.717) is 36.0 Å². The number of fused-ring (bicyclic) bond motifs is 3. The molecule has 1 aromatic carbocycles. The van der Waals surface area contributed by atoms with Crippen LogP contribution < -0.4 is 0 Å². The first-order valence-electron chi connectivity index (χ1n) is 13.3. The van der Waals surface area contributed by atoms with Crippen LogP contribution in [0.25, 0.3) is 10.9 Å². The highest BCUT2D eigenvalue weighted by Crippen LogP contribution is 2.36. The van der Waals surface area contributed by atoms with E-state index in [1.807, 2.05) is 17.0 Å². The minimum atomic E-state index is -3.89. The standard InChI is InChI=1S/C27H35N5O4S/c1-19-5-10-30(11-6-19)27(33)20-3-4-24-22(15-20)23-16-31(21-8-13-36-14-9-21)12-7-25(23)32(24)37(34,35)26-17-29(2)18-28-26/h3-4,15,17-19,21H,5-14,16H2,1-2H3. The Balaban J connectivity index is 1.45. The first-order chi connectivity index (χ1) is 17.8. The Morgan fingerprint density at radius 2 is 1.84 bits per heavy atom. The summed E-state index contributed by atoms with van der Waals surface area (Å²) in [7, 11) is -2.13. The second-order valence-corrected chi connectivity index (χ2v) is 12.6. The first-order valence-corrected chi connectivity index (χ1v) is 14.8. The summed E-state index contributed by atoms with van der Waals surface area (Å²) < 4.78 is 36.4. The Morgan fingerprint density at radius 1 is 1.08 bits per heavy atom. The van der Waals surface area contributed by atoms with Crippen molar-refractivity contribution in [1.82, 2.24) is 23.3 Å². The minimum Gasteiger partial charge on any atom is -0.381 e. The summed E-state index contributed by atoms with van der Waals surface area (Å²) in [4.78, 5) is 22.0. The van der Waals surface area contributed by atoms with Gasteiger partial charge >= 0.3 is 0 Å². The lowest BCUT2D eigenvalue weighted by atomic mass is 9.97. The highest BCUT2D eigenvalue weighted by molar-refractivity contribution is 7.90. The van der Waals surface area contributed by atoms with Gasteiger partial charge in [0.2, 0.25) is 0 Å². The number of likely N-dealkylation sites (tertiary alicyclic amines) is 1. The fourth-order valence-electron chi connectivity index (χ4n) is 6.12. The molecule has 37 heavy (non-hydrogen) atoms. The van der Waals surface area contributed by atoms with Gasteiger partial charge in [0.15, 0.2) is 5.03 Å². The van der Waals surface area contributed by atoms with E-state index in [9.17, 15) is 13.2 Å². The second kappa shape index (κ2) is 9.56. The molecule has 0 aliphatic carbocycles. The summed E-state index contributed by atoms with van der Waals surface area (Å²) in [5.41, 5.74) is 3.06. The molecule has 198 valence electrons. The van der Waals surface area contributed by atoms with E-state index in [2.05, 4.69) is 16.8 Å². The average Bonchev–Trinajstić information content (AvgIpc) is 3.50. The highest BCUT2D eigenvalue weighted by atomic mass is 32.2. The summed E-state index contributed by atoms with van der Waals surface area (Å²) in [6, 6.07) is 5.95. The molecule has 0 atom stereocenters. The topological polar surface area (TPSA) is 89.7 Å². The van der Waals surface area contributed by atoms with Crippen molar-refractivity contribution in [2.45, 2.75) is 56.6 Å². The zero-order valence-corrected chi connectivity index (χ0v) is 22.4. The molecular formula is C27H35N5O4S. The van der Waals surface area contributed by atoms with Gasteiger partial charge in [0, 0.05) is 81.7 Å². The van der Waals surface area contributed by atoms with E-state index in [-0.39, 0.29) is 10.9 Å². The molecule has 2 fully saturated rings. The van der Waals surface area contributed by atoms with Gasteiger partial charge in [-0.3, -0.25) is 9.69 Å². The lowest BCUT2D eigenvalue weighted by molar-refractivity contribution is 0.0290. The predicted molar refractivity (Wildman–Crippen MR) is 140 cm³/mol. The van der Waals surface area contributed by atoms with Crippen molar-refractivity contribution in [3.8, 4) is 0 Å². The zero-order valence-electron chi connectivity index (χ0n) is 21.6. The van der Waals surface area contributed by atoms with Gasteiger partial charge in [0.05, 0.1) is 11.8 Å². The van der Waals surface area contributed by atoms with Crippen LogP contribution in [0.5, 0.6) is 0 Å². The van der Waals surface area contributed by atoms with Crippen molar-refractivity contribution in [2.24, 2.45) is 13.0 Å². The van der Waals surface area contributed by atoms with Crippen molar-refractivity contribution in [3.05, 3.63) is 47.5 Å². The van der Waals surface area contributed by atoms with Crippen molar-refractivity contribution >= 4 is 26.8 Å². The molecule has 3 aromatic rings. The van der Waals surface area contributed by atoms with Crippen molar-refractivity contribution in [3.63, 3.8) is 0 Å². The molecule has 0 unspecified atom stereocenters. The number of hydrogen-bond donors (Lipinski definition) is 0. The van der Waals surface area contributed by atoms with E-state index in [1.165, 1.54) is 10.3 Å². The molecule has 5 heterocycles. The molecule has 9 nitrogen and oxygen atoms in total. The quantitative estimate of drug-likeness (QED) is 0.520. The number of aryl methyl sites for hydroxylation is 1. The molecule has 0 N–H and O–H groups in total. The summed E-state index contributed by atoms with van der Waals surface area (Å²) in [6.07, 6.45) is 7.67. The molecule has 0 spiro atoms. The number of carbonyl (C=O) groups excluding carboxylic acids is 1. The van der Waals surface area contributed by atoms with E-state index in [0.717, 1.165) is 75.2 Å². The normalized spacial score (nSPS) is 20.4. The van der Waals surface area contributed by atoms with Crippen LogP contribution in [-0.4, -0.2) is 76.5 Å². The van der Waals surface area contributed by atoms with Crippen LogP contribution in [0.15, 0.2) is 35.7 Å². The van der Waals surface area contributed by atoms with Gasteiger partial charge in [-0.1, -0.05) is 6.92 Å². The largest absolute Gasteiger partial charge is 0.381 e. The number of imidazole rings is 1. The second-order valence-electron chi connectivity index (χ2n) is 10.8. The SMILES string of the molecule is CC1CCN(C(=O)c2ccc3c(c2)c2c(n3S(=O)(=O)c3cn(C)cn3)CCN(C3CCOCC3)C2)CC1. The highest BCUT2D eigenvalue weighted by Gasteiger charge is 2.34. The number of ether oxygens (including phenoxy) is 1. The third kappa shape index (κ3) is 4.38. The fourth-order valence-corrected chi connectivity index (χ4v) is 7.69. The smallest absolute Gasteiger partial charge is 0.287 e. The van der Waals surface area contributed by atoms with Gasteiger partial charge in [-0.2, -0.15) is 8.42 Å². The molecule has 6 rings (SSSR count). The molecule has 1 amide bonds. The maximum absolute atomic E-state index is 13.9. The number of carbonyl (C=O) groups is 1. The van der Waals surface area contributed by atoms with Gasteiger partial charge in [-0.05, 0) is 55.4 Å². The summed E-state index contributed by atoms with van der Waals surface area (Å²) in [6.45, 7) is 6.75. The number of hydrogen-bond acceptors (Lipinski definition) is 6. The predicted octanol–water partition coefficient (Wildman–Crippen LogP) is 3.02. The zero-order chi connectivity index (χ0) is 25.7. The first kappa shape index (κ1) is 24.6. The number of benzene rings is 1. The van der Waals surface area contributed by atoms with Crippen molar-refractivity contribution < 1.29 is 17.9 Å². The summed E-state index contributed by atoms with van der Waals surface area (Å²) in [5.74, 6) is 0.667. The number of piperidine rings is 1.